The number of ether oxygens (including phenoxy) is 4. The molecule has 0 fully saturated rings. The zero-order chi connectivity index (χ0) is 25.8. The molecule has 9 nitrogen and oxygen atoms in total. The molecule has 2 N–H and O–H groups in total. The molecular formula is C25H37NO8. The van der Waals surface area contributed by atoms with Gasteiger partial charge < -0.3 is 24.7 Å². The molecule has 0 saturated heterocycles. The summed E-state index contributed by atoms with van der Waals surface area (Å²) in [7, 11) is 0. The second-order valence-electron chi connectivity index (χ2n) is 8.34. The molecule has 0 saturated carbocycles. The van der Waals surface area contributed by atoms with Crippen molar-refractivity contribution in [3.05, 3.63) is 23.8 Å². The predicted octanol–water partition coefficient (Wildman–Crippen LogP) is 3.34. The van der Waals surface area contributed by atoms with E-state index in [-0.39, 0.29) is 48.8 Å². The monoisotopic (exact) mass is 479 g/mol. The minimum atomic E-state index is -1.00. The van der Waals surface area contributed by atoms with Crippen molar-refractivity contribution in [3.8, 4) is 11.5 Å². The lowest BCUT2D eigenvalue weighted by molar-refractivity contribution is -0.158. The molecule has 0 bridgehead atoms. The van der Waals surface area contributed by atoms with E-state index in [1.165, 1.54) is 12.1 Å². The van der Waals surface area contributed by atoms with Crippen molar-refractivity contribution in [2.24, 2.45) is 17.6 Å². The minimum absolute atomic E-state index is 0.0584. The van der Waals surface area contributed by atoms with Crippen LogP contribution in [0.3, 0.4) is 0 Å². The van der Waals surface area contributed by atoms with Gasteiger partial charge in [-0.15, -0.1) is 0 Å². The fourth-order valence-corrected chi connectivity index (χ4v) is 2.56. The molecule has 1 aromatic carbocycles. The highest BCUT2D eigenvalue weighted by atomic mass is 16.6. The van der Waals surface area contributed by atoms with Crippen LogP contribution < -0.4 is 15.2 Å². The Balaban J connectivity index is 2.95. The van der Waals surface area contributed by atoms with E-state index in [9.17, 15) is 19.2 Å². The highest BCUT2D eigenvalue weighted by Crippen LogP contribution is 2.31. The molecule has 4 atom stereocenters. The number of carbonyl (C=O) groups is 4. The van der Waals surface area contributed by atoms with Gasteiger partial charge in [0.25, 0.3) is 0 Å². The van der Waals surface area contributed by atoms with E-state index in [0.29, 0.717) is 18.4 Å². The Bertz CT molecular complexity index is 853. The third-order valence-electron chi connectivity index (χ3n) is 5.30. The summed E-state index contributed by atoms with van der Waals surface area (Å²) in [5.74, 6) is -2.41. The third kappa shape index (κ3) is 9.51. The number of hydrogen-bond donors (Lipinski definition) is 1. The Kier molecular flexibility index (Phi) is 12.3. The van der Waals surface area contributed by atoms with Crippen LogP contribution >= 0.6 is 0 Å². The lowest BCUT2D eigenvalue weighted by Gasteiger charge is -2.18. The van der Waals surface area contributed by atoms with Crippen molar-refractivity contribution in [3.63, 3.8) is 0 Å². The summed E-state index contributed by atoms with van der Waals surface area (Å²) < 4.78 is 21.1. The van der Waals surface area contributed by atoms with Gasteiger partial charge in [0.2, 0.25) is 0 Å². The smallest absolute Gasteiger partial charge is 0.323 e. The summed E-state index contributed by atoms with van der Waals surface area (Å²) in [5.41, 5.74) is 6.59. The molecule has 0 aliphatic heterocycles. The van der Waals surface area contributed by atoms with Crippen molar-refractivity contribution in [1.29, 1.82) is 0 Å². The average molecular weight is 480 g/mol. The molecular weight excluding hydrogens is 442 g/mol. The van der Waals surface area contributed by atoms with Crippen LogP contribution in [-0.2, 0) is 35.1 Å². The lowest BCUT2D eigenvalue weighted by atomic mass is 10.1. The zero-order valence-electron chi connectivity index (χ0n) is 20.9. The Hall–Kier alpha value is -2.94. The quantitative estimate of drug-likeness (QED) is 0.334. The first-order chi connectivity index (χ1) is 16.0. The van der Waals surface area contributed by atoms with Gasteiger partial charge in [-0.25, -0.2) is 0 Å². The van der Waals surface area contributed by atoms with E-state index in [0.717, 1.165) is 0 Å². The molecule has 0 radical (unpaired) electrons. The first-order valence-electron chi connectivity index (χ1n) is 11.7. The molecule has 1 rings (SSSR count). The number of rotatable bonds is 13. The fraction of sp³-hybridized carbons (Fsp3) is 0.600. The summed E-state index contributed by atoms with van der Waals surface area (Å²) in [6.45, 7) is 10.4. The molecule has 0 heterocycles. The lowest BCUT2D eigenvalue weighted by Crippen LogP contribution is -2.37. The van der Waals surface area contributed by atoms with Crippen LogP contribution in [0.25, 0.3) is 0 Å². The first-order valence-corrected chi connectivity index (χ1v) is 11.7. The van der Waals surface area contributed by atoms with E-state index in [4.69, 9.17) is 24.7 Å². The molecule has 0 aromatic heterocycles. The van der Waals surface area contributed by atoms with Crippen LogP contribution in [-0.4, -0.2) is 42.6 Å². The van der Waals surface area contributed by atoms with Gasteiger partial charge in [0, 0.05) is 6.42 Å². The van der Waals surface area contributed by atoms with Crippen LogP contribution in [0, 0.1) is 11.8 Å². The van der Waals surface area contributed by atoms with Crippen molar-refractivity contribution in [1.82, 2.24) is 0 Å². The molecule has 2 unspecified atom stereocenters. The second-order valence-corrected chi connectivity index (χ2v) is 8.34. The summed E-state index contributed by atoms with van der Waals surface area (Å²) in [6, 6.07) is 3.68. The van der Waals surface area contributed by atoms with E-state index in [1.54, 1.807) is 33.8 Å². The number of hydrogen-bond acceptors (Lipinski definition) is 9. The number of carbonyl (C=O) groups excluding carboxylic acids is 4. The molecule has 190 valence electrons. The highest BCUT2D eigenvalue weighted by molar-refractivity contribution is 5.79. The Morgan fingerprint density at radius 1 is 0.853 bits per heavy atom. The van der Waals surface area contributed by atoms with Crippen LogP contribution in [0.5, 0.6) is 11.5 Å². The first kappa shape index (κ1) is 29.1. The Labute approximate surface area is 201 Å². The third-order valence-corrected chi connectivity index (χ3v) is 5.30. The van der Waals surface area contributed by atoms with Gasteiger partial charge in [-0.2, -0.15) is 0 Å². The molecule has 0 amide bonds. The number of esters is 4. The standard InChI is InChI=1S/C25H37NO8/c1-7-15(4)23(28)33-20-11-10-18(13-21(20)34-24(29)16(5)8-2)12-19(26)25(30)32-17(6)14-31-22(27)9-3/h10-11,13,15-17,19H,7-9,12,14,26H2,1-6H3/t15?,16?,17-,19-/m0/s1. The summed E-state index contributed by atoms with van der Waals surface area (Å²) >= 11 is 0. The summed E-state index contributed by atoms with van der Waals surface area (Å²) in [5, 5.41) is 0. The van der Waals surface area contributed by atoms with Crippen molar-refractivity contribution in [2.75, 3.05) is 6.61 Å². The maximum atomic E-state index is 12.4. The van der Waals surface area contributed by atoms with Gasteiger partial charge in [-0.1, -0.05) is 40.7 Å². The average Bonchev–Trinajstić information content (AvgIpc) is 2.82. The molecule has 9 heteroatoms. The molecule has 0 aliphatic rings. The van der Waals surface area contributed by atoms with Crippen LogP contribution in [0.1, 0.15) is 66.4 Å². The fourth-order valence-electron chi connectivity index (χ4n) is 2.56. The van der Waals surface area contributed by atoms with E-state index < -0.39 is 30.1 Å². The summed E-state index contributed by atoms with van der Waals surface area (Å²) in [6.07, 6.45) is 0.860. The second kappa shape index (κ2) is 14.3. The van der Waals surface area contributed by atoms with E-state index in [1.807, 2.05) is 13.8 Å². The van der Waals surface area contributed by atoms with Crippen molar-refractivity contribution >= 4 is 23.9 Å². The highest BCUT2D eigenvalue weighted by Gasteiger charge is 2.23. The molecule has 34 heavy (non-hydrogen) atoms. The predicted molar refractivity (Wildman–Crippen MR) is 125 cm³/mol. The number of nitrogens with two attached hydrogens (primary N) is 1. The molecule has 1 aromatic rings. The maximum Gasteiger partial charge on any atom is 0.323 e. The normalized spacial score (nSPS) is 14.3. The van der Waals surface area contributed by atoms with E-state index >= 15 is 0 Å². The van der Waals surface area contributed by atoms with Gasteiger partial charge in [0.15, 0.2) is 11.5 Å². The van der Waals surface area contributed by atoms with E-state index in [2.05, 4.69) is 0 Å². The van der Waals surface area contributed by atoms with Gasteiger partial charge in [0.05, 0.1) is 11.8 Å². The molecule has 0 spiro atoms. The number of benzene rings is 1. The Morgan fingerprint density at radius 3 is 1.94 bits per heavy atom. The molecule has 0 aliphatic carbocycles. The van der Waals surface area contributed by atoms with Gasteiger partial charge in [0.1, 0.15) is 18.8 Å². The largest absolute Gasteiger partial charge is 0.462 e. The minimum Gasteiger partial charge on any atom is -0.462 e. The zero-order valence-corrected chi connectivity index (χ0v) is 20.9. The van der Waals surface area contributed by atoms with Gasteiger partial charge >= 0.3 is 23.9 Å². The van der Waals surface area contributed by atoms with Crippen LogP contribution in [0.2, 0.25) is 0 Å². The van der Waals surface area contributed by atoms with Crippen molar-refractivity contribution < 1.29 is 38.1 Å². The maximum absolute atomic E-state index is 12.4. The summed E-state index contributed by atoms with van der Waals surface area (Å²) in [4.78, 5) is 48.2. The van der Waals surface area contributed by atoms with Gasteiger partial charge in [-0.3, -0.25) is 19.2 Å². The Morgan fingerprint density at radius 2 is 1.41 bits per heavy atom. The van der Waals surface area contributed by atoms with Crippen LogP contribution in [0.15, 0.2) is 18.2 Å². The van der Waals surface area contributed by atoms with Crippen LogP contribution in [0.4, 0.5) is 0 Å². The topological polar surface area (TPSA) is 131 Å². The SMILES string of the molecule is CCC(=O)OC[C@H](C)OC(=O)[C@@H](N)Cc1ccc(OC(=O)C(C)CC)c(OC(=O)C(C)CC)c1. The van der Waals surface area contributed by atoms with Crippen molar-refractivity contribution in [2.45, 2.75) is 79.4 Å². The van der Waals surface area contributed by atoms with Gasteiger partial charge in [-0.05, 0) is 43.9 Å².